The minimum Gasteiger partial charge on any atom is -0.481 e. The SMILES string of the molecule is CC1(CCO)OCC(CCC(=O)O)O1. The van der Waals surface area contributed by atoms with E-state index in [1.807, 2.05) is 0 Å². The average Bonchev–Trinajstić information content (AvgIpc) is 2.45. The molecule has 5 nitrogen and oxygen atoms in total. The summed E-state index contributed by atoms with van der Waals surface area (Å²) in [5.74, 6) is -1.57. The summed E-state index contributed by atoms with van der Waals surface area (Å²) in [5.41, 5.74) is 0. The number of carbonyl (C=O) groups is 1. The number of carboxylic acid groups (broad SMARTS) is 1. The van der Waals surface area contributed by atoms with Gasteiger partial charge in [-0.2, -0.15) is 0 Å². The largest absolute Gasteiger partial charge is 0.481 e. The van der Waals surface area contributed by atoms with Crippen LogP contribution in [0.2, 0.25) is 0 Å². The molecule has 0 spiro atoms. The van der Waals surface area contributed by atoms with Gasteiger partial charge >= 0.3 is 5.97 Å². The zero-order chi connectivity index (χ0) is 10.6. The molecule has 82 valence electrons. The maximum atomic E-state index is 10.3. The normalized spacial score (nSPS) is 32.0. The second-order valence-electron chi connectivity index (χ2n) is 3.59. The van der Waals surface area contributed by atoms with Crippen LogP contribution in [-0.4, -0.2) is 41.3 Å². The third-order valence-electron chi connectivity index (χ3n) is 2.24. The molecule has 1 aliphatic rings. The fourth-order valence-corrected chi connectivity index (χ4v) is 1.45. The first-order valence-electron chi connectivity index (χ1n) is 4.70. The fraction of sp³-hybridized carbons (Fsp3) is 0.889. The van der Waals surface area contributed by atoms with Crippen molar-refractivity contribution in [1.82, 2.24) is 0 Å². The van der Waals surface area contributed by atoms with Gasteiger partial charge in [-0.25, -0.2) is 0 Å². The zero-order valence-electron chi connectivity index (χ0n) is 8.23. The summed E-state index contributed by atoms with van der Waals surface area (Å²) < 4.78 is 10.8. The van der Waals surface area contributed by atoms with Gasteiger partial charge in [0.25, 0.3) is 0 Å². The Morgan fingerprint density at radius 1 is 1.64 bits per heavy atom. The summed E-state index contributed by atoms with van der Waals surface area (Å²) in [5, 5.41) is 17.2. The van der Waals surface area contributed by atoms with Crippen molar-refractivity contribution in [1.29, 1.82) is 0 Å². The van der Waals surface area contributed by atoms with E-state index in [4.69, 9.17) is 19.7 Å². The molecule has 2 unspecified atom stereocenters. The highest BCUT2D eigenvalue weighted by atomic mass is 16.7. The lowest BCUT2D eigenvalue weighted by atomic mass is 10.2. The highest BCUT2D eigenvalue weighted by molar-refractivity contribution is 5.66. The third-order valence-corrected chi connectivity index (χ3v) is 2.24. The number of aliphatic hydroxyl groups is 1. The Bertz CT molecular complexity index is 205. The van der Waals surface area contributed by atoms with Gasteiger partial charge < -0.3 is 19.7 Å². The van der Waals surface area contributed by atoms with E-state index in [9.17, 15) is 4.79 Å². The molecule has 14 heavy (non-hydrogen) atoms. The first kappa shape index (κ1) is 11.4. The topological polar surface area (TPSA) is 76.0 Å². The van der Waals surface area contributed by atoms with Crippen molar-refractivity contribution in [2.45, 2.75) is 38.1 Å². The fourth-order valence-electron chi connectivity index (χ4n) is 1.45. The summed E-state index contributed by atoms with van der Waals surface area (Å²) in [6.45, 7) is 2.16. The quantitative estimate of drug-likeness (QED) is 0.676. The monoisotopic (exact) mass is 204 g/mol. The van der Waals surface area contributed by atoms with Crippen LogP contribution in [0.4, 0.5) is 0 Å². The number of hydrogen-bond donors (Lipinski definition) is 2. The number of aliphatic hydroxyl groups excluding tert-OH is 1. The second-order valence-corrected chi connectivity index (χ2v) is 3.59. The number of hydrogen-bond acceptors (Lipinski definition) is 4. The predicted molar refractivity (Wildman–Crippen MR) is 47.8 cm³/mol. The van der Waals surface area contributed by atoms with Gasteiger partial charge in [-0.15, -0.1) is 0 Å². The molecule has 1 aliphatic heterocycles. The lowest BCUT2D eigenvalue weighted by Gasteiger charge is -2.21. The molecule has 0 bridgehead atoms. The Morgan fingerprint density at radius 3 is 2.93 bits per heavy atom. The molecule has 0 amide bonds. The summed E-state index contributed by atoms with van der Waals surface area (Å²) in [7, 11) is 0. The molecule has 0 aromatic carbocycles. The summed E-state index contributed by atoms with van der Waals surface area (Å²) in [4.78, 5) is 10.3. The molecule has 0 aromatic heterocycles. The van der Waals surface area contributed by atoms with Crippen LogP contribution >= 0.6 is 0 Å². The standard InChI is InChI=1S/C9H16O5/c1-9(4-5-10)13-6-7(14-9)2-3-8(11)12/h7,10H,2-6H2,1H3,(H,11,12). The molecular formula is C9H16O5. The van der Waals surface area contributed by atoms with Crippen molar-refractivity contribution in [2.24, 2.45) is 0 Å². The molecule has 0 saturated carbocycles. The van der Waals surface area contributed by atoms with Crippen molar-refractivity contribution in [2.75, 3.05) is 13.2 Å². The number of aliphatic carboxylic acids is 1. The first-order valence-corrected chi connectivity index (χ1v) is 4.70. The van der Waals surface area contributed by atoms with E-state index in [0.29, 0.717) is 19.4 Å². The van der Waals surface area contributed by atoms with E-state index in [2.05, 4.69) is 0 Å². The maximum absolute atomic E-state index is 10.3. The van der Waals surface area contributed by atoms with E-state index in [0.717, 1.165) is 0 Å². The molecular weight excluding hydrogens is 188 g/mol. The Hall–Kier alpha value is -0.650. The highest BCUT2D eigenvalue weighted by Crippen LogP contribution is 2.28. The third kappa shape index (κ3) is 3.25. The van der Waals surface area contributed by atoms with Gasteiger partial charge in [-0.3, -0.25) is 4.79 Å². The summed E-state index contributed by atoms with van der Waals surface area (Å²) in [6.07, 6.45) is 0.790. The first-order chi connectivity index (χ1) is 6.56. The van der Waals surface area contributed by atoms with Crippen LogP contribution in [0, 0.1) is 0 Å². The van der Waals surface area contributed by atoms with Crippen LogP contribution in [0.3, 0.4) is 0 Å². The van der Waals surface area contributed by atoms with Crippen molar-refractivity contribution in [3.05, 3.63) is 0 Å². The van der Waals surface area contributed by atoms with E-state index >= 15 is 0 Å². The molecule has 1 rings (SSSR count). The van der Waals surface area contributed by atoms with E-state index in [1.165, 1.54) is 0 Å². The van der Waals surface area contributed by atoms with Gasteiger partial charge in [0.15, 0.2) is 5.79 Å². The molecule has 2 atom stereocenters. The maximum Gasteiger partial charge on any atom is 0.303 e. The molecule has 0 aliphatic carbocycles. The predicted octanol–water partition coefficient (Wildman–Crippen LogP) is 0.365. The Morgan fingerprint density at radius 2 is 2.36 bits per heavy atom. The van der Waals surface area contributed by atoms with Gasteiger partial charge in [-0.1, -0.05) is 0 Å². The molecule has 1 fully saturated rings. The highest BCUT2D eigenvalue weighted by Gasteiger charge is 2.36. The summed E-state index contributed by atoms with van der Waals surface area (Å²) in [6, 6.07) is 0. The van der Waals surface area contributed by atoms with Gasteiger partial charge in [0, 0.05) is 19.4 Å². The molecule has 0 aromatic rings. The van der Waals surface area contributed by atoms with Crippen LogP contribution in [0.15, 0.2) is 0 Å². The number of rotatable bonds is 5. The second kappa shape index (κ2) is 4.72. The average molecular weight is 204 g/mol. The zero-order valence-corrected chi connectivity index (χ0v) is 8.23. The molecule has 2 N–H and O–H groups in total. The molecule has 5 heteroatoms. The van der Waals surface area contributed by atoms with Crippen LogP contribution in [0.25, 0.3) is 0 Å². The van der Waals surface area contributed by atoms with Gasteiger partial charge in [0.05, 0.1) is 12.7 Å². The van der Waals surface area contributed by atoms with Crippen LogP contribution < -0.4 is 0 Å². The molecule has 1 saturated heterocycles. The van der Waals surface area contributed by atoms with Gasteiger partial charge in [0.1, 0.15) is 0 Å². The Kier molecular flexibility index (Phi) is 3.86. The molecule has 1 heterocycles. The Balaban J connectivity index is 2.29. The van der Waals surface area contributed by atoms with E-state index in [-0.39, 0.29) is 19.1 Å². The van der Waals surface area contributed by atoms with Crippen LogP contribution in [-0.2, 0) is 14.3 Å². The van der Waals surface area contributed by atoms with Crippen LogP contribution in [0.5, 0.6) is 0 Å². The molecule has 0 radical (unpaired) electrons. The van der Waals surface area contributed by atoms with Crippen molar-refractivity contribution in [3.8, 4) is 0 Å². The van der Waals surface area contributed by atoms with Crippen molar-refractivity contribution < 1.29 is 24.5 Å². The smallest absolute Gasteiger partial charge is 0.303 e. The lowest BCUT2D eigenvalue weighted by Crippen LogP contribution is -2.28. The number of carboxylic acids is 1. The minimum atomic E-state index is -0.829. The van der Waals surface area contributed by atoms with Crippen molar-refractivity contribution in [3.63, 3.8) is 0 Å². The van der Waals surface area contributed by atoms with Crippen molar-refractivity contribution >= 4 is 5.97 Å². The van der Waals surface area contributed by atoms with Crippen LogP contribution in [0.1, 0.15) is 26.2 Å². The van der Waals surface area contributed by atoms with E-state index in [1.54, 1.807) is 6.92 Å². The van der Waals surface area contributed by atoms with Gasteiger partial charge in [0.2, 0.25) is 0 Å². The van der Waals surface area contributed by atoms with E-state index < -0.39 is 11.8 Å². The minimum absolute atomic E-state index is 0.00213. The summed E-state index contributed by atoms with van der Waals surface area (Å²) >= 11 is 0. The van der Waals surface area contributed by atoms with Gasteiger partial charge in [-0.05, 0) is 13.3 Å². The number of ether oxygens (including phenoxy) is 2. The lowest BCUT2D eigenvalue weighted by molar-refractivity contribution is -0.165. The Labute approximate surface area is 82.6 Å².